The Balaban J connectivity index is 2.20. The van der Waals surface area contributed by atoms with Crippen molar-refractivity contribution in [3.05, 3.63) is 28.3 Å². The van der Waals surface area contributed by atoms with Crippen molar-refractivity contribution in [1.29, 1.82) is 0 Å². The van der Waals surface area contributed by atoms with Crippen molar-refractivity contribution in [3.8, 4) is 0 Å². The molecule has 0 atom stereocenters. The summed E-state index contributed by atoms with van der Waals surface area (Å²) in [6, 6.07) is 0. The lowest BCUT2D eigenvalue weighted by Gasteiger charge is -2.01. The summed E-state index contributed by atoms with van der Waals surface area (Å²) >= 11 is 6.28. The minimum Gasteiger partial charge on any atom is -0.330 e. The van der Waals surface area contributed by atoms with Crippen molar-refractivity contribution in [1.82, 2.24) is 24.8 Å². The van der Waals surface area contributed by atoms with Crippen molar-refractivity contribution in [2.24, 2.45) is 12.8 Å². The molecule has 0 bridgehead atoms. The van der Waals surface area contributed by atoms with Gasteiger partial charge in [0.1, 0.15) is 0 Å². The largest absolute Gasteiger partial charge is 0.330 e. The first kappa shape index (κ1) is 13.0. The van der Waals surface area contributed by atoms with Crippen molar-refractivity contribution in [2.45, 2.75) is 26.3 Å². The van der Waals surface area contributed by atoms with E-state index in [9.17, 15) is 0 Å². The zero-order chi connectivity index (χ0) is 13.1. The van der Waals surface area contributed by atoms with E-state index in [1.165, 1.54) is 0 Å². The molecule has 0 saturated heterocycles. The maximum atomic E-state index is 6.28. The zero-order valence-corrected chi connectivity index (χ0v) is 11.4. The number of rotatable bonds is 5. The van der Waals surface area contributed by atoms with Crippen LogP contribution in [0.2, 0.25) is 5.02 Å². The van der Waals surface area contributed by atoms with Gasteiger partial charge in [0.05, 0.1) is 28.6 Å². The molecule has 6 nitrogen and oxygen atoms in total. The topological polar surface area (TPSA) is 74.5 Å². The molecule has 2 N–H and O–H groups in total. The van der Waals surface area contributed by atoms with E-state index in [4.69, 9.17) is 17.3 Å². The van der Waals surface area contributed by atoms with E-state index >= 15 is 0 Å². The summed E-state index contributed by atoms with van der Waals surface area (Å²) < 4.78 is 3.55. The minimum absolute atomic E-state index is 0.569. The lowest BCUT2D eigenvalue weighted by molar-refractivity contribution is 0.598. The van der Waals surface area contributed by atoms with Crippen LogP contribution in [0.15, 0.2) is 6.20 Å². The van der Waals surface area contributed by atoms with Gasteiger partial charge in [-0.05, 0) is 13.0 Å². The monoisotopic (exact) mass is 268 g/mol. The van der Waals surface area contributed by atoms with Crippen molar-refractivity contribution >= 4 is 11.6 Å². The van der Waals surface area contributed by atoms with E-state index in [0.29, 0.717) is 13.1 Å². The molecule has 0 unspecified atom stereocenters. The highest BCUT2D eigenvalue weighted by Crippen LogP contribution is 2.21. The Hall–Kier alpha value is -1.40. The molecule has 2 aromatic heterocycles. The quantitative estimate of drug-likeness (QED) is 0.869. The normalized spacial score (nSPS) is 11.1. The summed E-state index contributed by atoms with van der Waals surface area (Å²) in [5.74, 6) is 0. The highest BCUT2D eigenvalue weighted by atomic mass is 35.5. The van der Waals surface area contributed by atoms with E-state index in [1.807, 2.05) is 20.2 Å². The third-order valence-corrected chi connectivity index (χ3v) is 3.24. The second-order valence-electron chi connectivity index (χ2n) is 4.13. The second-order valence-corrected chi connectivity index (χ2v) is 4.51. The Morgan fingerprint density at radius 1 is 1.44 bits per heavy atom. The first-order chi connectivity index (χ1) is 8.65. The van der Waals surface area contributed by atoms with E-state index in [2.05, 4.69) is 15.4 Å². The number of halogens is 1. The molecule has 2 rings (SSSR count). The Morgan fingerprint density at radius 2 is 2.22 bits per heavy atom. The fourth-order valence-corrected chi connectivity index (χ4v) is 2.18. The molecule has 0 aliphatic heterocycles. The number of hydrogen-bond acceptors (Lipinski definition) is 4. The minimum atomic E-state index is 0.569. The molecule has 0 radical (unpaired) electrons. The summed E-state index contributed by atoms with van der Waals surface area (Å²) in [6.07, 6.45) is 3.45. The molecule has 7 heteroatoms. The summed E-state index contributed by atoms with van der Waals surface area (Å²) in [5.41, 5.74) is 8.23. The van der Waals surface area contributed by atoms with Crippen LogP contribution in [0, 0.1) is 0 Å². The fourth-order valence-electron chi connectivity index (χ4n) is 1.82. The third-order valence-electron chi connectivity index (χ3n) is 2.80. The average Bonchev–Trinajstić information content (AvgIpc) is 2.89. The van der Waals surface area contributed by atoms with E-state index in [1.54, 1.807) is 9.36 Å². The van der Waals surface area contributed by atoms with Gasteiger partial charge in [0.25, 0.3) is 0 Å². The van der Waals surface area contributed by atoms with Gasteiger partial charge in [-0.2, -0.15) is 5.10 Å². The maximum absolute atomic E-state index is 6.28. The van der Waals surface area contributed by atoms with Crippen LogP contribution in [0.4, 0.5) is 0 Å². The molecular weight excluding hydrogens is 252 g/mol. The smallest absolute Gasteiger partial charge is 0.0869 e. The van der Waals surface area contributed by atoms with E-state index in [0.717, 1.165) is 34.9 Å². The SMILES string of the molecule is CCc1nn(C)c(Cn2cc(CCN)nn2)c1Cl. The standard InChI is InChI=1S/C11H17ClN6/c1-3-9-11(12)10(17(2)15-9)7-18-6-8(4-5-13)14-16-18/h6H,3-5,7,13H2,1-2H3. The molecular formula is C11H17ClN6. The first-order valence-electron chi connectivity index (χ1n) is 5.95. The van der Waals surface area contributed by atoms with Gasteiger partial charge in [-0.3, -0.25) is 4.68 Å². The molecule has 0 amide bonds. The van der Waals surface area contributed by atoms with Crippen LogP contribution in [-0.4, -0.2) is 31.3 Å². The predicted octanol–water partition coefficient (Wildman–Crippen LogP) is 0.777. The van der Waals surface area contributed by atoms with Gasteiger partial charge in [0.2, 0.25) is 0 Å². The first-order valence-corrected chi connectivity index (χ1v) is 6.32. The molecule has 0 aromatic carbocycles. The highest BCUT2D eigenvalue weighted by Gasteiger charge is 2.13. The van der Waals surface area contributed by atoms with Gasteiger partial charge in [0.15, 0.2) is 0 Å². The van der Waals surface area contributed by atoms with Gasteiger partial charge >= 0.3 is 0 Å². The molecule has 18 heavy (non-hydrogen) atoms. The zero-order valence-electron chi connectivity index (χ0n) is 10.6. The summed E-state index contributed by atoms with van der Waals surface area (Å²) in [7, 11) is 1.89. The Morgan fingerprint density at radius 3 is 2.83 bits per heavy atom. The number of hydrogen-bond donors (Lipinski definition) is 1. The molecule has 2 heterocycles. The Labute approximate surface area is 111 Å². The Bertz CT molecular complexity index is 530. The van der Waals surface area contributed by atoms with Gasteiger partial charge in [-0.15, -0.1) is 5.10 Å². The Kier molecular flexibility index (Phi) is 3.98. The molecule has 0 aliphatic rings. The lowest BCUT2D eigenvalue weighted by Crippen LogP contribution is -2.06. The van der Waals surface area contributed by atoms with Gasteiger partial charge in [-0.25, -0.2) is 4.68 Å². The lowest BCUT2D eigenvalue weighted by atomic mass is 10.3. The summed E-state index contributed by atoms with van der Waals surface area (Å²) in [6.45, 7) is 3.18. The summed E-state index contributed by atoms with van der Waals surface area (Å²) in [4.78, 5) is 0. The van der Waals surface area contributed by atoms with Crippen molar-refractivity contribution < 1.29 is 0 Å². The number of aromatic nitrogens is 5. The highest BCUT2D eigenvalue weighted by molar-refractivity contribution is 6.31. The van der Waals surface area contributed by atoms with E-state index < -0.39 is 0 Å². The van der Waals surface area contributed by atoms with Gasteiger partial charge in [0, 0.05) is 19.7 Å². The average molecular weight is 269 g/mol. The number of nitrogens with zero attached hydrogens (tertiary/aromatic N) is 5. The molecule has 0 saturated carbocycles. The van der Waals surface area contributed by atoms with Crippen LogP contribution in [0.25, 0.3) is 0 Å². The fraction of sp³-hybridized carbons (Fsp3) is 0.545. The molecule has 0 aliphatic carbocycles. The van der Waals surface area contributed by atoms with Crippen LogP contribution in [-0.2, 0) is 26.4 Å². The van der Waals surface area contributed by atoms with Gasteiger partial charge in [-0.1, -0.05) is 23.7 Å². The third kappa shape index (κ3) is 2.54. The predicted molar refractivity (Wildman–Crippen MR) is 69.5 cm³/mol. The van der Waals surface area contributed by atoms with Crippen molar-refractivity contribution in [3.63, 3.8) is 0 Å². The second kappa shape index (κ2) is 5.49. The van der Waals surface area contributed by atoms with Crippen LogP contribution in [0.5, 0.6) is 0 Å². The molecule has 0 spiro atoms. The van der Waals surface area contributed by atoms with Crippen LogP contribution < -0.4 is 5.73 Å². The van der Waals surface area contributed by atoms with Crippen molar-refractivity contribution in [2.75, 3.05) is 6.54 Å². The summed E-state index contributed by atoms with van der Waals surface area (Å²) in [5, 5.41) is 13.2. The van der Waals surface area contributed by atoms with E-state index in [-0.39, 0.29) is 0 Å². The molecule has 0 fully saturated rings. The maximum Gasteiger partial charge on any atom is 0.0869 e. The van der Waals surface area contributed by atoms with Gasteiger partial charge < -0.3 is 5.73 Å². The molecule has 2 aromatic rings. The van der Waals surface area contributed by atoms with Crippen LogP contribution >= 0.6 is 11.6 Å². The number of nitrogens with two attached hydrogens (primary N) is 1. The van der Waals surface area contributed by atoms with Crippen LogP contribution in [0.3, 0.4) is 0 Å². The van der Waals surface area contributed by atoms with Crippen LogP contribution in [0.1, 0.15) is 24.0 Å². The number of aryl methyl sites for hydroxylation is 2. The molecule has 98 valence electrons.